The Morgan fingerprint density at radius 2 is 1.71 bits per heavy atom. The minimum Gasteiger partial charge on any atom is -0.418 e. The monoisotopic (exact) mass is 369 g/mol. The Balaban J connectivity index is 1.87. The lowest BCUT2D eigenvalue weighted by molar-refractivity contribution is -0.114. The molecule has 1 amide bonds. The summed E-state index contributed by atoms with van der Waals surface area (Å²) in [5.74, 6) is 0.453. The average molecular weight is 369 g/mol. The first-order chi connectivity index (χ1) is 13.6. The number of anilines is 1. The zero-order chi connectivity index (χ0) is 19.5. The van der Waals surface area contributed by atoms with E-state index in [4.69, 9.17) is 4.42 Å². The highest BCUT2D eigenvalue weighted by atomic mass is 16.4. The van der Waals surface area contributed by atoms with Crippen LogP contribution in [0.5, 0.6) is 0 Å². The highest BCUT2D eigenvalue weighted by molar-refractivity contribution is 5.92. The van der Waals surface area contributed by atoms with Gasteiger partial charge in [0.15, 0.2) is 0 Å². The molecular formula is C23H19N3O2. The molecule has 0 radical (unpaired) electrons. The van der Waals surface area contributed by atoms with Gasteiger partial charge < -0.3 is 4.42 Å². The van der Waals surface area contributed by atoms with E-state index in [-0.39, 0.29) is 5.91 Å². The van der Waals surface area contributed by atoms with Crippen LogP contribution in [0.25, 0.3) is 34.0 Å². The van der Waals surface area contributed by atoms with Crippen LogP contribution in [0.3, 0.4) is 0 Å². The fourth-order valence-electron chi connectivity index (χ4n) is 3.08. The van der Waals surface area contributed by atoms with E-state index in [0.29, 0.717) is 23.2 Å². The van der Waals surface area contributed by atoms with Gasteiger partial charge in [0.1, 0.15) is 11.4 Å². The van der Waals surface area contributed by atoms with Crippen LogP contribution in [-0.2, 0) is 4.79 Å². The van der Waals surface area contributed by atoms with Gasteiger partial charge in [0, 0.05) is 24.2 Å². The number of nitrogens with one attached hydrogen (secondary N) is 1. The fourth-order valence-corrected chi connectivity index (χ4v) is 3.08. The van der Waals surface area contributed by atoms with Crippen LogP contribution in [-0.4, -0.2) is 15.9 Å². The van der Waals surface area contributed by atoms with E-state index in [2.05, 4.69) is 21.4 Å². The van der Waals surface area contributed by atoms with Crippen molar-refractivity contribution in [3.05, 3.63) is 78.5 Å². The molecule has 5 nitrogen and oxygen atoms in total. The summed E-state index contributed by atoms with van der Waals surface area (Å²) in [7, 11) is 0. The third-order valence-electron chi connectivity index (χ3n) is 4.30. The molecule has 0 unspecified atom stereocenters. The molecule has 0 aliphatic carbocycles. The number of pyridine rings is 1. The smallest absolute Gasteiger partial charge is 0.248 e. The lowest BCUT2D eigenvalue weighted by Gasteiger charge is -2.06. The van der Waals surface area contributed by atoms with E-state index < -0.39 is 0 Å². The van der Waals surface area contributed by atoms with Crippen molar-refractivity contribution in [2.24, 2.45) is 0 Å². The second kappa shape index (κ2) is 7.48. The zero-order valence-corrected chi connectivity index (χ0v) is 15.6. The maximum atomic E-state index is 11.7. The molecule has 4 aromatic rings. The Kier molecular flexibility index (Phi) is 4.72. The van der Waals surface area contributed by atoms with Gasteiger partial charge in [-0.25, -0.2) is 4.98 Å². The second-order valence-corrected chi connectivity index (χ2v) is 6.51. The summed E-state index contributed by atoms with van der Waals surface area (Å²) in [6.45, 7) is 3.49. The van der Waals surface area contributed by atoms with Crippen molar-refractivity contribution >= 4 is 11.8 Å². The normalized spacial score (nSPS) is 10.6. The second-order valence-electron chi connectivity index (χ2n) is 6.51. The molecule has 5 heteroatoms. The van der Waals surface area contributed by atoms with Gasteiger partial charge in [-0.1, -0.05) is 66.2 Å². The number of rotatable bonds is 4. The van der Waals surface area contributed by atoms with E-state index in [0.717, 1.165) is 22.3 Å². The molecule has 0 saturated carbocycles. The van der Waals surface area contributed by atoms with Gasteiger partial charge in [-0.15, -0.1) is 0 Å². The first kappa shape index (κ1) is 17.7. The maximum Gasteiger partial charge on any atom is 0.248 e. The maximum absolute atomic E-state index is 11.7. The Bertz CT molecular complexity index is 1130. The summed E-state index contributed by atoms with van der Waals surface area (Å²) in [5.41, 5.74) is 5.16. The van der Waals surface area contributed by atoms with Gasteiger partial charge in [-0.2, -0.15) is 0 Å². The number of amides is 1. The predicted molar refractivity (Wildman–Crippen MR) is 110 cm³/mol. The first-order valence-corrected chi connectivity index (χ1v) is 8.98. The molecule has 28 heavy (non-hydrogen) atoms. The quantitative estimate of drug-likeness (QED) is 0.527. The van der Waals surface area contributed by atoms with Gasteiger partial charge in [0.05, 0.1) is 0 Å². The minimum absolute atomic E-state index is 0.222. The van der Waals surface area contributed by atoms with E-state index in [1.165, 1.54) is 6.92 Å². The van der Waals surface area contributed by atoms with E-state index in [9.17, 15) is 4.79 Å². The standard InChI is InChI=1S/C23H19N3O2/c1-15-8-6-11-18(14-15)19-12-7-13-24-21(19)23-26-20(17-9-4-3-5-10-17)22(28-23)25-16(2)27/h3-14H,1-2H3,(H,25,27). The van der Waals surface area contributed by atoms with Gasteiger partial charge in [0.25, 0.3) is 0 Å². The number of carbonyl (C=O) groups excluding carboxylic acids is 1. The lowest BCUT2D eigenvalue weighted by Crippen LogP contribution is -2.05. The van der Waals surface area contributed by atoms with Crippen molar-refractivity contribution in [1.82, 2.24) is 9.97 Å². The Hall–Kier alpha value is -3.73. The summed E-state index contributed by atoms with van der Waals surface area (Å²) < 4.78 is 5.95. The number of aromatic nitrogens is 2. The molecule has 0 saturated heterocycles. The van der Waals surface area contributed by atoms with E-state index >= 15 is 0 Å². The average Bonchev–Trinajstić information content (AvgIpc) is 3.11. The third-order valence-corrected chi connectivity index (χ3v) is 4.30. The molecule has 0 atom stereocenters. The van der Waals surface area contributed by atoms with Crippen LogP contribution in [0.1, 0.15) is 12.5 Å². The number of nitrogens with zero attached hydrogens (tertiary/aromatic N) is 2. The molecule has 1 N–H and O–H groups in total. The Morgan fingerprint density at radius 1 is 0.929 bits per heavy atom. The summed E-state index contributed by atoms with van der Waals surface area (Å²) in [5, 5.41) is 2.73. The molecule has 0 aliphatic heterocycles. The van der Waals surface area contributed by atoms with Crippen molar-refractivity contribution in [3.8, 4) is 34.0 Å². The largest absolute Gasteiger partial charge is 0.418 e. The van der Waals surface area contributed by atoms with Crippen molar-refractivity contribution in [2.45, 2.75) is 13.8 Å². The van der Waals surface area contributed by atoms with E-state index in [1.54, 1.807) is 6.20 Å². The highest BCUT2D eigenvalue weighted by Crippen LogP contribution is 2.36. The van der Waals surface area contributed by atoms with Crippen LogP contribution in [0.2, 0.25) is 0 Å². The molecule has 0 bridgehead atoms. The molecule has 4 rings (SSSR count). The Morgan fingerprint density at radius 3 is 2.46 bits per heavy atom. The molecule has 0 spiro atoms. The van der Waals surface area contributed by atoms with Crippen LogP contribution in [0.4, 0.5) is 5.88 Å². The van der Waals surface area contributed by atoms with E-state index in [1.807, 2.05) is 67.6 Å². The summed E-state index contributed by atoms with van der Waals surface area (Å²) in [4.78, 5) is 20.8. The van der Waals surface area contributed by atoms with Gasteiger partial charge in [-0.05, 0) is 18.6 Å². The third kappa shape index (κ3) is 3.55. The molecule has 138 valence electrons. The summed E-state index contributed by atoms with van der Waals surface area (Å²) in [6, 6.07) is 21.7. The number of aryl methyl sites for hydroxylation is 1. The molecule has 2 aromatic carbocycles. The van der Waals surface area contributed by atoms with Crippen LogP contribution < -0.4 is 5.32 Å². The number of carbonyl (C=O) groups is 1. The number of benzene rings is 2. The van der Waals surface area contributed by atoms with Crippen molar-refractivity contribution in [2.75, 3.05) is 5.32 Å². The topological polar surface area (TPSA) is 68.0 Å². The SMILES string of the molecule is CC(=O)Nc1oc(-c2ncccc2-c2cccc(C)c2)nc1-c1ccccc1. The van der Waals surface area contributed by atoms with Crippen LogP contribution in [0, 0.1) is 6.92 Å². The Labute approximate surface area is 163 Å². The summed E-state index contributed by atoms with van der Waals surface area (Å²) >= 11 is 0. The van der Waals surface area contributed by atoms with Crippen molar-refractivity contribution in [3.63, 3.8) is 0 Å². The molecule has 2 aromatic heterocycles. The fraction of sp³-hybridized carbons (Fsp3) is 0.0870. The minimum atomic E-state index is -0.222. The molecule has 2 heterocycles. The van der Waals surface area contributed by atoms with Crippen LogP contribution in [0.15, 0.2) is 77.3 Å². The van der Waals surface area contributed by atoms with Crippen molar-refractivity contribution in [1.29, 1.82) is 0 Å². The van der Waals surface area contributed by atoms with Crippen LogP contribution >= 0.6 is 0 Å². The lowest BCUT2D eigenvalue weighted by atomic mass is 10.0. The van der Waals surface area contributed by atoms with Gasteiger partial charge in [0.2, 0.25) is 17.7 Å². The molecule has 0 aliphatic rings. The number of hydrogen-bond donors (Lipinski definition) is 1. The number of oxazole rings is 1. The van der Waals surface area contributed by atoms with Gasteiger partial charge >= 0.3 is 0 Å². The number of hydrogen-bond acceptors (Lipinski definition) is 4. The molecule has 0 fully saturated rings. The molecular weight excluding hydrogens is 350 g/mol. The highest BCUT2D eigenvalue weighted by Gasteiger charge is 2.20. The summed E-state index contributed by atoms with van der Waals surface area (Å²) in [6.07, 6.45) is 1.71. The first-order valence-electron chi connectivity index (χ1n) is 8.98. The van der Waals surface area contributed by atoms with Gasteiger partial charge in [-0.3, -0.25) is 15.1 Å². The zero-order valence-electron chi connectivity index (χ0n) is 15.6. The predicted octanol–water partition coefficient (Wildman–Crippen LogP) is 5.34. The van der Waals surface area contributed by atoms with Crippen molar-refractivity contribution < 1.29 is 9.21 Å².